The predicted octanol–water partition coefficient (Wildman–Crippen LogP) is 2.37. The van der Waals surface area contributed by atoms with Crippen LogP contribution in [0.4, 0.5) is 4.79 Å². The molecule has 0 atom stereocenters. The molecule has 7 heteroatoms. The molecule has 1 amide bonds. The van der Waals surface area contributed by atoms with Crippen molar-refractivity contribution >= 4 is 11.9 Å². The Morgan fingerprint density at radius 1 is 1.27 bits per heavy atom. The number of nitrogens with zero attached hydrogens (tertiary/aromatic N) is 1. The maximum atomic E-state index is 12.1. The minimum absolute atomic E-state index is 0.0267. The number of piperidine rings is 1. The second-order valence-electron chi connectivity index (χ2n) is 7.36. The molecule has 0 aliphatic carbocycles. The van der Waals surface area contributed by atoms with Crippen molar-refractivity contribution in [2.75, 3.05) is 26.3 Å². The van der Waals surface area contributed by atoms with Crippen molar-refractivity contribution in [2.24, 2.45) is 0 Å². The van der Waals surface area contributed by atoms with Gasteiger partial charge in [0.05, 0.1) is 6.61 Å². The molecule has 1 saturated heterocycles. The number of hydrogen-bond donors (Lipinski definition) is 3. The van der Waals surface area contributed by atoms with E-state index < -0.39 is 5.60 Å². The van der Waals surface area contributed by atoms with Crippen LogP contribution in [-0.2, 0) is 4.74 Å². The lowest BCUT2D eigenvalue weighted by molar-refractivity contribution is 0.0203. The number of aliphatic hydroxyl groups is 1. The van der Waals surface area contributed by atoms with E-state index in [1.807, 2.05) is 32.9 Å². The fraction of sp³-hybridized carbons (Fsp3) is 0.579. The molecule has 1 aliphatic heterocycles. The molecule has 2 rings (SSSR count). The van der Waals surface area contributed by atoms with Gasteiger partial charge in [-0.25, -0.2) is 4.79 Å². The fourth-order valence-corrected chi connectivity index (χ4v) is 2.70. The standard InChI is InChI=1S/C19H29N3O4/c1-19(2,3)26-18(24)22-10-8-15(9-11-22)21-17(20)14-4-6-16(7-5-14)25-13-12-23/h4-7,15,23H,8-13H2,1-3H3,(H2,20,21). The van der Waals surface area contributed by atoms with Gasteiger partial charge in [0.25, 0.3) is 0 Å². The van der Waals surface area contributed by atoms with Crippen molar-refractivity contribution in [2.45, 2.75) is 45.3 Å². The number of amidine groups is 1. The first-order valence-electron chi connectivity index (χ1n) is 8.95. The Balaban J connectivity index is 1.79. The van der Waals surface area contributed by atoms with E-state index in [1.165, 1.54) is 0 Å². The molecule has 1 aliphatic rings. The van der Waals surface area contributed by atoms with E-state index in [0.29, 0.717) is 24.7 Å². The van der Waals surface area contributed by atoms with E-state index in [-0.39, 0.29) is 25.3 Å². The predicted molar refractivity (Wildman–Crippen MR) is 99.8 cm³/mol. The average molecular weight is 363 g/mol. The lowest BCUT2D eigenvalue weighted by Crippen LogP contribution is -2.47. The third kappa shape index (κ3) is 6.22. The molecule has 0 spiro atoms. The van der Waals surface area contributed by atoms with Gasteiger partial charge in [0.1, 0.15) is 23.8 Å². The number of likely N-dealkylation sites (tertiary alicyclic amines) is 1. The molecule has 1 aromatic carbocycles. The number of benzene rings is 1. The van der Waals surface area contributed by atoms with Crippen molar-refractivity contribution in [1.82, 2.24) is 10.2 Å². The molecule has 0 radical (unpaired) electrons. The van der Waals surface area contributed by atoms with Crippen LogP contribution in [-0.4, -0.2) is 59.9 Å². The fourth-order valence-electron chi connectivity index (χ4n) is 2.70. The van der Waals surface area contributed by atoms with Crippen LogP contribution in [0.1, 0.15) is 39.2 Å². The second kappa shape index (κ2) is 8.89. The molecule has 1 aromatic rings. The Kier molecular flexibility index (Phi) is 6.85. The van der Waals surface area contributed by atoms with Crippen molar-refractivity contribution in [3.8, 4) is 5.75 Å². The summed E-state index contributed by atoms with van der Waals surface area (Å²) in [6.45, 7) is 7.05. The Bertz CT molecular complexity index is 602. The summed E-state index contributed by atoms with van der Waals surface area (Å²) in [5, 5.41) is 20.2. The highest BCUT2D eigenvalue weighted by molar-refractivity contribution is 5.96. The van der Waals surface area contributed by atoms with E-state index in [0.717, 1.165) is 18.4 Å². The zero-order valence-electron chi connectivity index (χ0n) is 15.7. The summed E-state index contributed by atoms with van der Waals surface area (Å²) in [5.74, 6) is 1.02. The maximum absolute atomic E-state index is 12.1. The molecular formula is C19H29N3O4. The quantitative estimate of drug-likeness (QED) is 0.551. The van der Waals surface area contributed by atoms with Crippen LogP contribution in [0, 0.1) is 5.41 Å². The van der Waals surface area contributed by atoms with Gasteiger partial charge in [-0.1, -0.05) is 0 Å². The third-order valence-corrected chi connectivity index (χ3v) is 4.00. The maximum Gasteiger partial charge on any atom is 0.410 e. The van der Waals surface area contributed by atoms with Crippen molar-refractivity contribution in [3.63, 3.8) is 0 Å². The minimum atomic E-state index is -0.485. The largest absolute Gasteiger partial charge is 0.491 e. The van der Waals surface area contributed by atoms with Crippen LogP contribution in [0.5, 0.6) is 5.75 Å². The molecule has 3 N–H and O–H groups in total. The van der Waals surface area contributed by atoms with Gasteiger partial charge in [0.2, 0.25) is 0 Å². The molecule has 0 bridgehead atoms. The van der Waals surface area contributed by atoms with E-state index in [1.54, 1.807) is 17.0 Å². The number of ether oxygens (including phenoxy) is 2. The zero-order chi connectivity index (χ0) is 19.2. The number of aliphatic hydroxyl groups excluding tert-OH is 1. The number of carbonyl (C=O) groups is 1. The molecule has 0 saturated carbocycles. The zero-order valence-corrected chi connectivity index (χ0v) is 15.7. The molecule has 7 nitrogen and oxygen atoms in total. The second-order valence-corrected chi connectivity index (χ2v) is 7.36. The van der Waals surface area contributed by atoms with Gasteiger partial charge in [-0.3, -0.25) is 5.41 Å². The average Bonchev–Trinajstić information content (AvgIpc) is 2.59. The number of amides is 1. The van der Waals surface area contributed by atoms with Gasteiger partial charge in [0, 0.05) is 24.7 Å². The summed E-state index contributed by atoms with van der Waals surface area (Å²) in [5.41, 5.74) is 0.289. The Hall–Kier alpha value is -2.28. The summed E-state index contributed by atoms with van der Waals surface area (Å²) in [6.07, 6.45) is 1.28. The number of nitrogens with one attached hydrogen (secondary N) is 2. The highest BCUT2D eigenvalue weighted by Gasteiger charge is 2.27. The summed E-state index contributed by atoms with van der Waals surface area (Å²) < 4.78 is 10.7. The van der Waals surface area contributed by atoms with Gasteiger partial charge in [-0.05, 0) is 57.9 Å². The smallest absolute Gasteiger partial charge is 0.410 e. The first kappa shape index (κ1) is 20.0. The molecular weight excluding hydrogens is 334 g/mol. The highest BCUT2D eigenvalue weighted by Crippen LogP contribution is 2.17. The normalized spacial score (nSPS) is 15.5. The van der Waals surface area contributed by atoms with Gasteiger partial charge in [0.15, 0.2) is 0 Å². The van der Waals surface area contributed by atoms with E-state index >= 15 is 0 Å². The third-order valence-electron chi connectivity index (χ3n) is 4.00. The summed E-state index contributed by atoms with van der Waals surface area (Å²) in [6, 6.07) is 7.36. The first-order valence-corrected chi connectivity index (χ1v) is 8.95. The summed E-state index contributed by atoms with van der Waals surface area (Å²) >= 11 is 0. The lowest BCUT2D eigenvalue weighted by Gasteiger charge is -2.34. The van der Waals surface area contributed by atoms with Crippen molar-refractivity contribution in [1.29, 1.82) is 5.41 Å². The monoisotopic (exact) mass is 363 g/mol. The van der Waals surface area contributed by atoms with Crippen LogP contribution < -0.4 is 10.1 Å². The summed E-state index contributed by atoms with van der Waals surface area (Å²) in [4.78, 5) is 13.8. The Morgan fingerprint density at radius 2 is 1.88 bits per heavy atom. The first-order chi connectivity index (χ1) is 12.3. The topological polar surface area (TPSA) is 94.9 Å². The van der Waals surface area contributed by atoms with Crippen LogP contribution >= 0.6 is 0 Å². The van der Waals surface area contributed by atoms with E-state index in [2.05, 4.69) is 5.32 Å². The molecule has 26 heavy (non-hydrogen) atoms. The highest BCUT2D eigenvalue weighted by atomic mass is 16.6. The molecule has 1 heterocycles. The molecule has 0 unspecified atom stereocenters. The van der Waals surface area contributed by atoms with Gasteiger partial charge in [-0.15, -0.1) is 0 Å². The summed E-state index contributed by atoms with van der Waals surface area (Å²) in [7, 11) is 0. The molecule has 0 aromatic heterocycles. The van der Waals surface area contributed by atoms with Crippen molar-refractivity contribution in [3.05, 3.63) is 29.8 Å². The van der Waals surface area contributed by atoms with Crippen LogP contribution in [0.15, 0.2) is 24.3 Å². The van der Waals surface area contributed by atoms with Gasteiger partial charge >= 0.3 is 6.09 Å². The minimum Gasteiger partial charge on any atom is -0.491 e. The Morgan fingerprint density at radius 3 is 2.42 bits per heavy atom. The SMILES string of the molecule is CC(C)(C)OC(=O)N1CCC(NC(=N)c2ccc(OCCO)cc2)CC1. The van der Waals surface area contributed by atoms with E-state index in [9.17, 15) is 4.79 Å². The van der Waals surface area contributed by atoms with Crippen LogP contribution in [0.25, 0.3) is 0 Å². The number of rotatable bonds is 5. The number of carbonyl (C=O) groups excluding carboxylic acids is 1. The van der Waals surface area contributed by atoms with Gasteiger partial charge < -0.3 is 24.8 Å². The lowest BCUT2D eigenvalue weighted by atomic mass is 10.0. The van der Waals surface area contributed by atoms with E-state index in [4.69, 9.17) is 20.0 Å². The Labute approximate surface area is 154 Å². The number of hydrogen-bond acceptors (Lipinski definition) is 5. The van der Waals surface area contributed by atoms with Crippen LogP contribution in [0.3, 0.4) is 0 Å². The van der Waals surface area contributed by atoms with Crippen molar-refractivity contribution < 1.29 is 19.4 Å². The molecule has 1 fully saturated rings. The van der Waals surface area contributed by atoms with Gasteiger partial charge in [-0.2, -0.15) is 0 Å². The molecule has 144 valence electrons. The van der Waals surface area contributed by atoms with Crippen LogP contribution in [0.2, 0.25) is 0 Å².